The van der Waals surface area contributed by atoms with Gasteiger partial charge in [0, 0.05) is 57.6 Å². The Morgan fingerprint density at radius 2 is 2.00 bits per heavy atom. The van der Waals surface area contributed by atoms with E-state index in [4.69, 9.17) is 15.2 Å². The average Bonchev–Trinajstić information content (AvgIpc) is 2.91. The molecule has 2 aromatic rings. The lowest BCUT2D eigenvalue weighted by Gasteiger charge is -2.42. The Morgan fingerprint density at radius 1 is 1.20 bits per heavy atom. The van der Waals surface area contributed by atoms with Gasteiger partial charge in [0.1, 0.15) is 18.0 Å². The number of aromatic nitrogens is 3. The number of hydrogen-bond acceptors (Lipinski definition) is 10. The normalized spacial score (nSPS) is 22.8. The lowest BCUT2D eigenvalue weighted by Crippen LogP contribution is -2.60. The number of likely N-dealkylation sites (N-methyl/N-ethyl adjacent to an activating group) is 2. The van der Waals surface area contributed by atoms with E-state index in [1.165, 1.54) is 25.6 Å². The second-order valence-electron chi connectivity index (χ2n) is 9.87. The quantitative estimate of drug-likeness (QED) is 0.457. The van der Waals surface area contributed by atoms with Crippen molar-refractivity contribution in [1.82, 2.24) is 24.8 Å². The number of likely N-dealkylation sites (tertiary alicyclic amines) is 1. The van der Waals surface area contributed by atoms with E-state index in [9.17, 15) is 18.4 Å². The van der Waals surface area contributed by atoms with E-state index in [2.05, 4.69) is 30.5 Å². The molecule has 0 saturated carbocycles. The third kappa shape index (κ3) is 7.21. The summed E-state index contributed by atoms with van der Waals surface area (Å²) >= 11 is 0. The van der Waals surface area contributed by atoms with Crippen LogP contribution in [-0.4, -0.2) is 108 Å². The Morgan fingerprint density at radius 3 is 2.70 bits per heavy atom. The molecule has 0 unspecified atom stereocenters. The van der Waals surface area contributed by atoms with E-state index in [0.717, 1.165) is 11.4 Å². The molecule has 2 aromatic heterocycles. The van der Waals surface area contributed by atoms with Crippen molar-refractivity contribution in [2.75, 3.05) is 62.4 Å². The number of amides is 3. The zero-order valence-corrected chi connectivity index (χ0v) is 22.7. The molecule has 3 amide bonds. The maximum Gasteiger partial charge on any atom is 0.411 e. The highest BCUT2D eigenvalue weighted by molar-refractivity contribution is 5.88. The number of nitrogens with two attached hydrogens (primary N) is 1. The molecule has 3 atom stereocenters. The number of anilines is 3. The minimum Gasteiger partial charge on any atom is -0.477 e. The van der Waals surface area contributed by atoms with Crippen LogP contribution in [0.25, 0.3) is 0 Å². The molecule has 2 aliphatic heterocycles. The first kappa shape index (κ1) is 29.1. The summed E-state index contributed by atoms with van der Waals surface area (Å²) in [6.07, 6.45) is 3.17. The van der Waals surface area contributed by atoms with Gasteiger partial charge in [-0.3, -0.25) is 10.6 Å². The number of hydrogen-bond donors (Lipinski definition) is 3. The van der Waals surface area contributed by atoms with Crippen molar-refractivity contribution in [1.29, 1.82) is 0 Å². The molecule has 0 aromatic carbocycles. The van der Waals surface area contributed by atoms with Gasteiger partial charge in [0.15, 0.2) is 5.82 Å². The summed E-state index contributed by atoms with van der Waals surface area (Å²) in [5.41, 5.74) is 6.50. The second-order valence-corrected chi connectivity index (χ2v) is 9.87. The van der Waals surface area contributed by atoms with Crippen molar-refractivity contribution in [3.05, 3.63) is 30.7 Å². The van der Waals surface area contributed by atoms with Crippen LogP contribution in [0.3, 0.4) is 0 Å². The topological polar surface area (TPSA) is 151 Å². The number of nitrogens with one attached hydrogen (secondary N) is 2. The number of urea groups is 1. The molecule has 0 bridgehead atoms. The maximum atomic E-state index is 15.0. The molecule has 4 rings (SSSR count). The van der Waals surface area contributed by atoms with Crippen LogP contribution in [0.1, 0.15) is 19.8 Å². The molecule has 0 aliphatic carbocycles. The Balaban J connectivity index is 1.38. The number of rotatable bonds is 7. The van der Waals surface area contributed by atoms with E-state index in [0.29, 0.717) is 31.1 Å². The maximum absolute atomic E-state index is 15.0. The van der Waals surface area contributed by atoms with Crippen LogP contribution in [0.2, 0.25) is 0 Å². The molecular weight excluding hydrogens is 528 g/mol. The van der Waals surface area contributed by atoms with Gasteiger partial charge in [0.2, 0.25) is 5.88 Å². The first-order valence-electron chi connectivity index (χ1n) is 13.0. The largest absolute Gasteiger partial charge is 0.477 e. The molecule has 15 heteroatoms. The highest BCUT2D eigenvalue weighted by Crippen LogP contribution is 2.34. The van der Waals surface area contributed by atoms with Gasteiger partial charge in [-0.25, -0.2) is 33.3 Å². The standard InChI is InChI=1S/C25H35F2N9O4/c1-4-39-22-13-30-20(12-31-22)33-23(37)35(3)19-15-36(10-7-25(19,26)27)21-11-16(5-8-29-21)32-24(38)40-18-6-9-34(2)14-17(18)28/h5,8,11-13,17-19H,4,6-7,9-10,14-15,28H2,1-3H3,(H,29,32,38)(H,30,33,37)/t17-,18+,19-/m0/s1. The molecule has 4 N–H and O–H groups in total. The monoisotopic (exact) mass is 563 g/mol. The highest BCUT2D eigenvalue weighted by Gasteiger charge is 2.48. The summed E-state index contributed by atoms with van der Waals surface area (Å²) in [6.45, 7) is 3.42. The number of alkyl halides is 2. The lowest BCUT2D eigenvalue weighted by molar-refractivity contribution is -0.0759. The first-order valence-corrected chi connectivity index (χ1v) is 13.0. The first-order chi connectivity index (χ1) is 19.1. The van der Waals surface area contributed by atoms with Gasteiger partial charge >= 0.3 is 12.1 Å². The molecular formula is C25H35F2N9O4. The van der Waals surface area contributed by atoms with Crippen LogP contribution in [0.15, 0.2) is 30.7 Å². The summed E-state index contributed by atoms with van der Waals surface area (Å²) < 4.78 is 40.7. The van der Waals surface area contributed by atoms with Crippen LogP contribution in [-0.2, 0) is 4.74 Å². The third-order valence-corrected chi connectivity index (χ3v) is 6.91. The molecule has 2 aliphatic rings. The van der Waals surface area contributed by atoms with Crippen LogP contribution in [0, 0.1) is 0 Å². The predicted molar refractivity (Wildman–Crippen MR) is 144 cm³/mol. The molecule has 4 heterocycles. The van der Waals surface area contributed by atoms with Crippen LogP contribution in [0.5, 0.6) is 5.88 Å². The van der Waals surface area contributed by atoms with Gasteiger partial charge in [-0.05, 0) is 26.5 Å². The number of nitrogens with zero attached hydrogens (tertiary/aromatic N) is 6. The van der Waals surface area contributed by atoms with E-state index >= 15 is 0 Å². The van der Waals surface area contributed by atoms with E-state index in [1.807, 2.05) is 7.05 Å². The van der Waals surface area contributed by atoms with Crippen molar-refractivity contribution in [3.63, 3.8) is 0 Å². The lowest BCUT2D eigenvalue weighted by atomic mass is 9.99. The fourth-order valence-corrected chi connectivity index (χ4v) is 4.67. The van der Waals surface area contributed by atoms with Crippen LogP contribution >= 0.6 is 0 Å². The second kappa shape index (κ2) is 12.6. The molecule has 40 heavy (non-hydrogen) atoms. The van der Waals surface area contributed by atoms with Crippen molar-refractivity contribution in [3.8, 4) is 5.88 Å². The van der Waals surface area contributed by atoms with E-state index < -0.39 is 36.6 Å². The van der Waals surface area contributed by atoms with E-state index in [-0.39, 0.29) is 30.8 Å². The summed E-state index contributed by atoms with van der Waals surface area (Å²) in [5, 5.41) is 5.15. The molecule has 0 spiro atoms. The SMILES string of the molecule is CCOc1cnc(NC(=O)N(C)[C@H]2CN(c3cc(NC(=O)O[C@@H]4CCN(C)C[C@@H]4N)ccn3)CCC2(F)F)cn1. The van der Waals surface area contributed by atoms with Gasteiger partial charge < -0.3 is 29.9 Å². The number of carbonyl (C=O) groups excluding carboxylic acids is 2. The minimum absolute atomic E-state index is 0.00860. The molecule has 13 nitrogen and oxygen atoms in total. The minimum atomic E-state index is -3.14. The van der Waals surface area contributed by atoms with Crippen LogP contribution in [0.4, 0.5) is 35.7 Å². The summed E-state index contributed by atoms with van der Waals surface area (Å²) in [6, 6.07) is 0.646. The van der Waals surface area contributed by atoms with Gasteiger partial charge in [0.05, 0.1) is 25.0 Å². The molecule has 0 radical (unpaired) electrons. The van der Waals surface area contributed by atoms with Crippen molar-refractivity contribution >= 4 is 29.4 Å². The number of pyridine rings is 1. The Hall–Kier alpha value is -3.85. The van der Waals surface area contributed by atoms with Gasteiger partial charge in [-0.15, -0.1) is 0 Å². The van der Waals surface area contributed by atoms with Crippen molar-refractivity contribution in [2.24, 2.45) is 5.73 Å². The zero-order chi connectivity index (χ0) is 28.9. The van der Waals surface area contributed by atoms with Gasteiger partial charge in [-0.1, -0.05) is 0 Å². The fraction of sp³-hybridized carbons (Fsp3) is 0.560. The number of carbonyl (C=O) groups is 2. The predicted octanol–water partition coefficient (Wildman–Crippen LogP) is 2.23. The summed E-state index contributed by atoms with van der Waals surface area (Å²) in [7, 11) is 3.25. The van der Waals surface area contributed by atoms with Crippen LogP contribution < -0.4 is 26.0 Å². The van der Waals surface area contributed by atoms with Crippen molar-refractivity contribution in [2.45, 2.75) is 43.9 Å². The van der Waals surface area contributed by atoms with Gasteiger partial charge in [-0.2, -0.15) is 0 Å². The summed E-state index contributed by atoms with van der Waals surface area (Å²) in [4.78, 5) is 42.3. The van der Waals surface area contributed by atoms with E-state index in [1.54, 1.807) is 24.0 Å². The molecule has 2 fully saturated rings. The Kier molecular flexibility index (Phi) is 9.14. The summed E-state index contributed by atoms with van der Waals surface area (Å²) in [5.74, 6) is -2.38. The number of piperidine rings is 2. The third-order valence-electron chi connectivity index (χ3n) is 6.91. The Labute approximate surface area is 231 Å². The average molecular weight is 564 g/mol. The van der Waals surface area contributed by atoms with Crippen molar-refractivity contribution < 1.29 is 27.8 Å². The highest BCUT2D eigenvalue weighted by atomic mass is 19.3. The molecule has 2 saturated heterocycles. The number of halogens is 2. The number of ether oxygens (including phenoxy) is 2. The molecule has 218 valence electrons. The fourth-order valence-electron chi connectivity index (χ4n) is 4.67. The Bertz CT molecular complexity index is 1170. The zero-order valence-electron chi connectivity index (χ0n) is 22.7. The van der Waals surface area contributed by atoms with Gasteiger partial charge in [0.25, 0.3) is 5.92 Å². The smallest absolute Gasteiger partial charge is 0.411 e.